The summed E-state index contributed by atoms with van der Waals surface area (Å²) in [6.45, 7) is 4.51. The fourth-order valence-electron chi connectivity index (χ4n) is 4.45. The molecule has 2 aliphatic rings. The van der Waals surface area contributed by atoms with Crippen LogP contribution in [0.1, 0.15) is 47.9 Å². The van der Waals surface area contributed by atoms with Gasteiger partial charge in [-0.1, -0.05) is 54.8 Å². The molecule has 0 heteroatoms. The molecule has 0 radical (unpaired) electrons. The molecule has 96 valence electrons. The van der Waals surface area contributed by atoms with Crippen molar-refractivity contribution in [1.82, 2.24) is 0 Å². The third-order valence-corrected chi connectivity index (χ3v) is 5.19. The third kappa shape index (κ3) is 1.35. The van der Waals surface area contributed by atoms with Gasteiger partial charge in [0.1, 0.15) is 0 Å². The summed E-state index contributed by atoms with van der Waals surface area (Å²) in [6, 6.07) is 13.9. The molecule has 1 saturated carbocycles. The summed E-state index contributed by atoms with van der Waals surface area (Å²) in [6.07, 6.45) is 5.42. The Hall–Kier alpha value is -1.56. The molecule has 2 aliphatic carbocycles. The highest BCUT2D eigenvalue weighted by Crippen LogP contribution is 2.57. The zero-order valence-electron chi connectivity index (χ0n) is 11.8. The zero-order chi connectivity index (χ0) is 13.0. The summed E-state index contributed by atoms with van der Waals surface area (Å²) in [5.41, 5.74) is 9.44. The summed E-state index contributed by atoms with van der Waals surface area (Å²) in [5, 5.41) is 0. The summed E-state index contributed by atoms with van der Waals surface area (Å²) in [7, 11) is 0. The van der Waals surface area contributed by atoms with Gasteiger partial charge in [-0.05, 0) is 54.5 Å². The van der Waals surface area contributed by atoms with Crippen molar-refractivity contribution in [3.05, 3.63) is 58.7 Å². The average molecular weight is 248 g/mol. The third-order valence-electron chi connectivity index (χ3n) is 5.19. The highest BCUT2D eigenvalue weighted by Gasteiger charge is 2.45. The summed E-state index contributed by atoms with van der Waals surface area (Å²) < 4.78 is 0. The maximum absolute atomic E-state index is 2.44. The van der Waals surface area contributed by atoms with Gasteiger partial charge in [-0.15, -0.1) is 0 Å². The van der Waals surface area contributed by atoms with Gasteiger partial charge in [-0.3, -0.25) is 0 Å². The van der Waals surface area contributed by atoms with Crippen molar-refractivity contribution >= 4 is 0 Å². The topological polar surface area (TPSA) is 0 Å². The lowest BCUT2D eigenvalue weighted by Crippen LogP contribution is -2.21. The second-order valence-electron chi connectivity index (χ2n) is 6.34. The van der Waals surface area contributed by atoms with Crippen molar-refractivity contribution in [3.63, 3.8) is 0 Å². The van der Waals surface area contributed by atoms with Crippen LogP contribution in [-0.4, -0.2) is 0 Å². The number of fused-ring (bicyclic) bond motifs is 5. The standard InChI is InChI=1S/C19H20/c1-13-8-9-15-16-7-5-6-14(2)18(16)19(17(15)12-13)10-3-4-11-19/h5-9,12H,3-4,10-11H2,1-2H3. The van der Waals surface area contributed by atoms with Gasteiger partial charge >= 0.3 is 0 Å². The van der Waals surface area contributed by atoms with Gasteiger partial charge in [0.15, 0.2) is 0 Å². The highest BCUT2D eigenvalue weighted by atomic mass is 14.5. The molecule has 19 heavy (non-hydrogen) atoms. The molecule has 0 nitrogen and oxygen atoms in total. The number of rotatable bonds is 0. The minimum Gasteiger partial charge on any atom is -0.0614 e. The second-order valence-corrected chi connectivity index (χ2v) is 6.34. The quantitative estimate of drug-likeness (QED) is 0.605. The van der Waals surface area contributed by atoms with Gasteiger partial charge in [-0.25, -0.2) is 0 Å². The Balaban J connectivity index is 2.11. The van der Waals surface area contributed by atoms with Crippen LogP contribution in [0.15, 0.2) is 36.4 Å². The molecule has 0 heterocycles. The number of hydrogen-bond donors (Lipinski definition) is 0. The number of aryl methyl sites for hydroxylation is 2. The molecule has 2 aromatic rings. The molecule has 0 unspecified atom stereocenters. The number of hydrogen-bond acceptors (Lipinski definition) is 0. The van der Waals surface area contributed by atoms with Crippen molar-refractivity contribution in [1.29, 1.82) is 0 Å². The first kappa shape index (κ1) is 11.3. The predicted molar refractivity (Wildman–Crippen MR) is 80.6 cm³/mol. The van der Waals surface area contributed by atoms with Crippen LogP contribution in [0.25, 0.3) is 11.1 Å². The van der Waals surface area contributed by atoms with Gasteiger partial charge in [0.05, 0.1) is 0 Å². The monoisotopic (exact) mass is 248 g/mol. The Labute approximate surface area is 115 Å². The van der Waals surface area contributed by atoms with Crippen LogP contribution in [0.3, 0.4) is 0 Å². The van der Waals surface area contributed by atoms with E-state index in [-0.39, 0.29) is 0 Å². The Kier molecular flexibility index (Phi) is 2.21. The van der Waals surface area contributed by atoms with Crippen LogP contribution >= 0.6 is 0 Å². The molecule has 0 aromatic heterocycles. The average Bonchev–Trinajstić information content (AvgIpc) is 2.97. The second kappa shape index (κ2) is 3.72. The van der Waals surface area contributed by atoms with E-state index < -0.39 is 0 Å². The maximum atomic E-state index is 2.44. The van der Waals surface area contributed by atoms with E-state index in [1.54, 1.807) is 11.1 Å². The molecule has 0 bridgehead atoms. The number of benzene rings is 2. The highest BCUT2D eigenvalue weighted by molar-refractivity contribution is 5.82. The lowest BCUT2D eigenvalue weighted by molar-refractivity contribution is 0.546. The first-order valence-electron chi connectivity index (χ1n) is 7.44. The van der Waals surface area contributed by atoms with E-state index >= 15 is 0 Å². The molecule has 2 aromatic carbocycles. The lowest BCUT2D eigenvalue weighted by Gasteiger charge is -2.28. The normalized spacial score (nSPS) is 18.6. The minimum absolute atomic E-state index is 0.335. The predicted octanol–water partition coefficient (Wildman–Crippen LogP) is 5.14. The van der Waals surface area contributed by atoms with E-state index in [1.807, 2.05) is 0 Å². The summed E-state index contributed by atoms with van der Waals surface area (Å²) in [4.78, 5) is 0. The molecule has 0 saturated heterocycles. The fraction of sp³-hybridized carbons (Fsp3) is 0.368. The van der Waals surface area contributed by atoms with Crippen molar-refractivity contribution in [3.8, 4) is 11.1 Å². The van der Waals surface area contributed by atoms with Crippen molar-refractivity contribution in [2.75, 3.05) is 0 Å². The van der Waals surface area contributed by atoms with E-state index in [0.717, 1.165) is 0 Å². The van der Waals surface area contributed by atoms with E-state index in [9.17, 15) is 0 Å². The Morgan fingerprint density at radius 2 is 1.68 bits per heavy atom. The van der Waals surface area contributed by atoms with Gasteiger partial charge in [0.25, 0.3) is 0 Å². The lowest BCUT2D eigenvalue weighted by atomic mass is 9.75. The molecule has 0 amide bonds. The van der Waals surface area contributed by atoms with E-state index in [2.05, 4.69) is 50.2 Å². The van der Waals surface area contributed by atoms with Crippen LogP contribution in [0.4, 0.5) is 0 Å². The SMILES string of the molecule is Cc1ccc2c(c1)C1(CCCC1)c1c(C)cccc1-2. The van der Waals surface area contributed by atoms with E-state index in [0.29, 0.717) is 5.41 Å². The van der Waals surface area contributed by atoms with Crippen molar-refractivity contribution in [2.45, 2.75) is 44.9 Å². The molecule has 0 N–H and O–H groups in total. The molecular formula is C19H20. The molecule has 1 spiro atoms. The summed E-state index contributed by atoms with van der Waals surface area (Å²) >= 11 is 0. The summed E-state index contributed by atoms with van der Waals surface area (Å²) in [5.74, 6) is 0. The van der Waals surface area contributed by atoms with Crippen LogP contribution in [-0.2, 0) is 5.41 Å². The fourth-order valence-corrected chi connectivity index (χ4v) is 4.45. The maximum Gasteiger partial charge on any atom is 0.0217 e. The molecular weight excluding hydrogens is 228 g/mol. The van der Waals surface area contributed by atoms with Crippen molar-refractivity contribution in [2.24, 2.45) is 0 Å². The molecule has 0 atom stereocenters. The van der Waals surface area contributed by atoms with E-state index in [1.165, 1.54) is 47.9 Å². The van der Waals surface area contributed by atoms with Crippen molar-refractivity contribution < 1.29 is 0 Å². The van der Waals surface area contributed by atoms with Crippen LogP contribution in [0.5, 0.6) is 0 Å². The van der Waals surface area contributed by atoms with Gasteiger partial charge in [0, 0.05) is 5.41 Å². The Morgan fingerprint density at radius 3 is 2.47 bits per heavy atom. The first-order valence-corrected chi connectivity index (χ1v) is 7.44. The molecule has 0 aliphatic heterocycles. The van der Waals surface area contributed by atoms with Crippen LogP contribution in [0.2, 0.25) is 0 Å². The van der Waals surface area contributed by atoms with Crippen LogP contribution in [0, 0.1) is 13.8 Å². The first-order chi connectivity index (χ1) is 9.22. The van der Waals surface area contributed by atoms with Gasteiger partial charge < -0.3 is 0 Å². The molecule has 4 rings (SSSR count). The molecule has 1 fully saturated rings. The van der Waals surface area contributed by atoms with E-state index in [4.69, 9.17) is 0 Å². The van der Waals surface area contributed by atoms with Gasteiger partial charge in [0.2, 0.25) is 0 Å². The smallest absolute Gasteiger partial charge is 0.0217 e. The van der Waals surface area contributed by atoms with Gasteiger partial charge in [-0.2, -0.15) is 0 Å². The minimum atomic E-state index is 0.335. The van der Waals surface area contributed by atoms with Crippen LogP contribution < -0.4 is 0 Å². The largest absolute Gasteiger partial charge is 0.0614 e. The zero-order valence-corrected chi connectivity index (χ0v) is 11.8. The Bertz CT molecular complexity index is 658. The Morgan fingerprint density at radius 1 is 0.895 bits per heavy atom.